The Morgan fingerprint density at radius 2 is 1.80 bits per heavy atom. The Balaban J connectivity index is 2.53. The van der Waals surface area contributed by atoms with Crippen LogP contribution in [0.15, 0.2) is 24.3 Å². The van der Waals surface area contributed by atoms with Gasteiger partial charge < -0.3 is 10.4 Å². The molecule has 0 aliphatic heterocycles. The van der Waals surface area contributed by atoms with Gasteiger partial charge in [-0.1, -0.05) is 38.1 Å². The van der Waals surface area contributed by atoms with E-state index in [9.17, 15) is 18.0 Å². The number of carboxylic acids is 1. The first kappa shape index (κ1) is 16.5. The Kier molecular flexibility index (Phi) is 5.56. The van der Waals surface area contributed by atoms with Crippen molar-refractivity contribution in [2.24, 2.45) is 5.92 Å². The molecule has 1 unspecified atom stereocenters. The summed E-state index contributed by atoms with van der Waals surface area (Å²) in [5.41, 5.74) is 1.97. The van der Waals surface area contributed by atoms with Crippen LogP contribution in [-0.2, 0) is 11.3 Å². The van der Waals surface area contributed by atoms with Crippen molar-refractivity contribution in [3.63, 3.8) is 0 Å². The van der Waals surface area contributed by atoms with Crippen molar-refractivity contribution in [1.29, 1.82) is 0 Å². The van der Waals surface area contributed by atoms with Gasteiger partial charge >= 0.3 is 12.1 Å². The molecule has 6 heteroatoms. The quantitative estimate of drug-likeness (QED) is 0.845. The summed E-state index contributed by atoms with van der Waals surface area (Å²) >= 11 is 0. The number of hydrogen-bond donors (Lipinski definition) is 2. The van der Waals surface area contributed by atoms with Gasteiger partial charge in [0.2, 0.25) is 0 Å². The third-order valence-electron chi connectivity index (χ3n) is 3.02. The number of halogens is 3. The molecule has 0 saturated carbocycles. The van der Waals surface area contributed by atoms with Crippen molar-refractivity contribution < 1.29 is 23.1 Å². The Hall–Kier alpha value is -1.56. The first-order valence-corrected chi connectivity index (χ1v) is 6.31. The van der Waals surface area contributed by atoms with Crippen LogP contribution in [-0.4, -0.2) is 23.8 Å². The van der Waals surface area contributed by atoms with E-state index in [-0.39, 0.29) is 6.54 Å². The second-order valence-corrected chi connectivity index (χ2v) is 4.96. The third-order valence-corrected chi connectivity index (χ3v) is 3.02. The number of carbonyl (C=O) groups is 1. The number of alkyl halides is 3. The molecular formula is C14H18F3NO2. The minimum absolute atomic E-state index is 0.207. The van der Waals surface area contributed by atoms with Gasteiger partial charge in [0.25, 0.3) is 0 Å². The summed E-state index contributed by atoms with van der Waals surface area (Å²) < 4.78 is 37.3. The second kappa shape index (κ2) is 6.74. The average molecular weight is 289 g/mol. The zero-order valence-corrected chi connectivity index (χ0v) is 11.4. The molecule has 0 radical (unpaired) electrons. The lowest BCUT2D eigenvalue weighted by molar-refractivity contribution is -0.192. The molecule has 1 aromatic rings. The summed E-state index contributed by atoms with van der Waals surface area (Å²) in [4.78, 5) is 10.5. The van der Waals surface area contributed by atoms with Crippen molar-refractivity contribution in [2.75, 3.05) is 6.54 Å². The van der Waals surface area contributed by atoms with E-state index in [2.05, 4.69) is 5.32 Å². The fraction of sp³-hybridized carbons (Fsp3) is 0.500. The van der Waals surface area contributed by atoms with E-state index >= 15 is 0 Å². The summed E-state index contributed by atoms with van der Waals surface area (Å²) in [6.45, 7) is 3.67. The topological polar surface area (TPSA) is 49.3 Å². The van der Waals surface area contributed by atoms with Gasteiger partial charge in [0.15, 0.2) is 5.92 Å². The van der Waals surface area contributed by atoms with E-state index in [0.29, 0.717) is 5.92 Å². The first-order chi connectivity index (χ1) is 9.21. The van der Waals surface area contributed by atoms with Gasteiger partial charge in [-0.2, -0.15) is 13.2 Å². The molecule has 0 heterocycles. The van der Waals surface area contributed by atoms with Crippen molar-refractivity contribution in [3.05, 3.63) is 35.4 Å². The number of benzene rings is 1. The molecule has 0 spiro atoms. The summed E-state index contributed by atoms with van der Waals surface area (Å²) in [7, 11) is 0. The molecule has 0 bridgehead atoms. The van der Waals surface area contributed by atoms with Crippen LogP contribution in [0.4, 0.5) is 13.2 Å². The zero-order valence-electron chi connectivity index (χ0n) is 11.4. The van der Waals surface area contributed by atoms with Gasteiger partial charge in [0.05, 0.1) is 0 Å². The molecule has 1 aromatic carbocycles. The van der Waals surface area contributed by atoms with Crippen molar-refractivity contribution >= 4 is 5.97 Å². The van der Waals surface area contributed by atoms with E-state index in [1.807, 2.05) is 38.1 Å². The molecule has 0 aliphatic rings. The van der Waals surface area contributed by atoms with E-state index in [4.69, 9.17) is 5.11 Å². The summed E-state index contributed by atoms with van der Waals surface area (Å²) in [5, 5.41) is 11.1. The molecular weight excluding hydrogens is 271 g/mol. The summed E-state index contributed by atoms with van der Waals surface area (Å²) in [5.74, 6) is -3.85. The van der Waals surface area contributed by atoms with Gasteiger partial charge in [-0.15, -0.1) is 0 Å². The smallest absolute Gasteiger partial charge is 0.403 e. The van der Waals surface area contributed by atoms with Crippen LogP contribution in [0.25, 0.3) is 0 Å². The van der Waals surface area contributed by atoms with Crippen LogP contribution in [0.1, 0.15) is 30.9 Å². The van der Waals surface area contributed by atoms with Crippen LogP contribution < -0.4 is 5.32 Å². The number of hydrogen-bond acceptors (Lipinski definition) is 2. The lowest BCUT2D eigenvalue weighted by atomic mass is 10.0. The molecule has 0 saturated heterocycles. The van der Waals surface area contributed by atoms with E-state index in [0.717, 1.165) is 11.1 Å². The maximum atomic E-state index is 12.4. The standard InChI is InChI=1S/C14H18F3NO2/c1-9(2)11-5-3-10(4-6-11)7-18-8-12(13(19)20)14(15,16)17/h3-6,9,12,18H,7-8H2,1-2H3,(H,19,20). The number of aliphatic carboxylic acids is 1. The fourth-order valence-corrected chi connectivity index (χ4v) is 1.72. The predicted octanol–water partition coefficient (Wildman–Crippen LogP) is 3.16. The molecule has 112 valence electrons. The van der Waals surface area contributed by atoms with Crippen molar-refractivity contribution in [1.82, 2.24) is 5.32 Å². The summed E-state index contributed by atoms with van der Waals surface area (Å²) in [6.07, 6.45) is -4.74. The van der Waals surface area contributed by atoms with Crippen molar-refractivity contribution in [2.45, 2.75) is 32.5 Å². The van der Waals surface area contributed by atoms with Crippen LogP contribution in [0.5, 0.6) is 0 Å². The lowest BCUT2D eigenvalue weighted by Gasteiger charge is -2.16. The monoisotopic (exact) mass is 289 g/mol. The van der Waals surface area contributed by atoms with Crippen LogP contribution >= 0.6 is 0 Å². The molecule has 0 amide bonds. The molecule has 1 atom stereocenters. The highest BCUT2D eigenvalue weighted by Gasteiger charge is 2.44. The summed E-state index contributed by atoms with van der Waals surface area (Å²) in [6, 6.07) is 7.48. The van der Waals surface area contributed by atoms with E-state index < -0.39 is 24.6 Å². The second-order valence-electron chi connectivity index (χ2n) is 4.96. The van der Waals surface area contributed by atoms with Gasteiger partial charge in [0, 0.05) is 13.1 Å². The Morgan fingerprint density at radius 3 is 2.20 bits per heavy atom. The van der Waals surface area contributed by atoms with Gasteiger partial charge in [-0.05, 0) is 17.0 Å². The minimum atomic E-state index is -4.74. The lowest BCUT2D eigenvalue weighted by Crippen LogP contribution is -2.38. The van der Waals surface area contributed by atoms with Crippen LogP contribution in [0.2, 0.25) is 0 Å². The molecule has 0 aromatic heterocycles. The van der Waals surface area contributed by atoms with Gasteiger partial charge in [-0.3, -0.25) is 4.79 Å². The third kappa shape index (κ3) is 4.85. The Bertz CT molecular complexity index is 441. The Morgan fingerprint density at radius 1 is 1.25 bits per heavy atom. The van der Waals surface area contributed by atoms with E-state index in [1.54, 1.807) is 0 Å². The highest BCUT2D eigenvalue weighted by molar-refractivity contribution is 5.71. The fourth-order valence-electron chi connectivity index (χ4n) is 1.72. The van der Waals surface area contributed by atoms with Crippen LogP contribution in [0, 0.1) is 5.92 Å². The maximum Gasteiger partial charge on any atom is 0.403 e. The highest BCUT2D eigenvalue weighted by atomic mass is 19.4. The predicted molar refractivity (Wildman–Crippen MR) is 69.4 cm³/mol. The molecule has 20 heavy (non-hydrogen) atoms. The number of carboxylic acid groups (broad SMARTS) is 1. The van der Waals surface area contributed by atoms with E-state index in [1.165, 1.54) is 0 Å². The van der Waals surface area contributed by atoms with Gasteiger partial charge in [0.1, 0.15) is 0 Å². The maximum absolute atomic E-state index is 12.4. The largest absolute Gasteiger partial charge is 0.481 e. The number of rotatable bonds is 6. The first-order valence-electron chi connectivity index (χ1n) is 6.31. The average Bonchev–Trinajstić information content (AvgIpc) is 2.33. The molecule has 0 aliphatic carbocycles. The molecule has 1 rings (SSSR count). The van der Waals surface area contributed by atoms with Crippen LogP contribution in [0.3, 0.4) is 0 Å². The molecule has 3 nitrogen and oxygen atoms in total. The minimum Gasteiger partial charge on any atom is -0.481 e. The normalized spacial score (nSPS) is 13.5. The highest BCUT2D eigenvalue weighted by Crippen LogP contribution is 2.25. The molecule has 0 fully saturated rings. The molecule has 2 N–H and O–H groups in total. The zero-order chi connectivity index (χ0) is 15.3. The Labute approximate surface area is 115 Å². The number of nitrogens with one attached hydrogen (secondary N) is 1. The van der Waals surface area contributed by atoms with Gasteiger partial charge in [-0.25, -0.2) is 0 Å². The SMILES string of the molecule is CC(C)c1ccc(CNCC(C(=O)O)C(F)(F)F)cc1. The van der Waals surface area contributed by atoms with Crippen molar-refractivity contribution in [3.8, 4) is 0 Å².